The minimum absolute atomic E-state index is 0.0314. The first-order valence-corrected chi connectivity index (χ1v) is 9.59. The number of aryl methyl sites for hydroxylation is 1. The van der Waals surface area contributed by atoms with Gasteiger partial charge >= 0.3 is 0 Å². The summed E-state index contributed by atoms with van der Waals surface area (Å²) in [4.78, 5) is 15.0. The maximum atomic E-state index is 12.8. The Kier molecular flexibility index (Phi) is 5.82. The average molecular weight is 354 g/mol. The van der Waals surface area contributed by atoms with Crippen molar-refractivity contribution in [3.05, 3.63) is 42.0 Å². The first kappa shape index (κ1) is 18.7. The lowest BCUT2D eigenvalue weighted by Gasteiger charge is -2.37. The van der Waals surface area contributed by atoms with Gasteiger partial charge in [0.15, 0.2) is 6.10 Å². The van der Waals surface area contributed by atoms with Gasteiger partial charge in [-0.05, 0) is 51.7 Å². The van der Waals surface area contributed by atoms with Crippen LogP contribution in [0.1, 0.15) is 38.2 Å². The predicted octanol–water partition coefficient (Wildman–Crippen LogP) is 3.90. The standard InChI is InChI=1S/C22H30N2O2/c1-15-13-14-17-9-5-6-10-18(17)21(15)26-16(2)22(25)23-19-11-7-8-12-20(19)24(3)4/h5-6,9-10,13-14,16,19-20H,7-8,11-12H2,1-4H3,(H,23,25). The fourth-order valence-corrected chi connectivity index (χ4v) is 3.94. The van der Waals surface area contributed by atoms with E-state index in [0.717, 1.165) is 34.9 Å². The van der Waals surface area contributed by atoms with E-state index >= 15 is 0 Å². The van der Waals surface area contributed by atoms with Crippen molar-refractivity contribution in [2.45, 2.75) is 57.7 Å². The molecule has 1 aliphatic rings. The van der Waals surface area contributed by atoms with Crippen LogP contribution in [-0.4, -0.2) is 43.1 Å². The molecule has 140 valence electrons. The molecule has 2 aromatic carbocycles. The minimum atomic E-state index is -0.524. The van der Waals surface area contributed by atoms with Gasteiger partial charge < -0.3 is 15.0 Å². The largest absolute Gasteiger partial charge is 0.480 e. The molecule has 0 aliphatic heterocycles. The fraction of sp³-hybridized carbons (Fsp3) is 0.500. The summed E-state index contributed by atoms with van der Waals surface area (Å²) in [5.41, 5.74) is 1.05. The maximum absolute atomic E-state index is 12.8. The van der Waals surface area contributed by atoms with Crippen molar-refractivity contribution in [1.82, 2.24) is 10.2 Å². The lowest BCUT2D eigenvalue weighted by Crippen LogP contribution is -2.53. The third kappa shape index (κ3) is 4.01. The molecule has 1 aliphatic carbocycles. The Morgan fingerprint density at radius 3 is 2.65 bits per heavy atom. The summed E-state index contributed by atoms with van der Waals surface area (Å²) in [5, 5.41) is 5.41. The van der Waals surface area contributed by atoms with E-state index in [4.69, 9.17) is 4.74 Å². The molecule has 2 aromatic rings. The highest BCUT2D eigenvalue weighted by atomic mass is 16.5. The molecule has 0 spiro atoms. The van der Waals surface area contributed by atoms with Crippen LogP contribution in [0.4, 0.5) is 0 Å². The number of benzene rings is 2. The molecule has 0 aromatic heterocycles. The van der Waals surface area contributed by atoms with Gasteiger partial charge in [-0.25, -0.2) is 0 Å². The van der Waals surface area contributed by atoms with Gasteiger partial charge in [-0.1, -0.05) is 49.2 Å². The Bertz CT molecular complexity index is 772. The van der Waals surface area contributed by atoms with Crippen molar-refractivity contribution < 1.29 is 9.53 Å². The highest BCUT2D eigenvalue weighted by Crippen LogP contribution is 2.30. The molecule has 1 amide bonds. The van der Waals surface area contributed by atoms with Gasteiger partial charge in [-0.15, -0.1) is 0 Å². The zero-order chi connectivity index (χ0) is 18.7. The highest BCUT2D eigenvalue weighted by Gasteiger charge is 2.29. The van der Waals surface area contributed by atoms with Gasteiger partial charge in [0, 0.05) is 17.5 Å². The number of nitrogens with zero attached hydrogens (tertiary/aromatic N) is 1. The quantitative estimate of drug-likeness (QED) is 0.885. The first-order valence-electron chi connectivity index (χ1n) is 9.59. The van der Waals surface area contributed by atoms with E-state index in [1.165, 1.54) is 12.8 Å². The Morgan fingerprint density at radius 1 is 1.15 bits per heavy atom. The summed E-state index contributed by atoms with van der Waals surface area (Å²) in [6.07, 6.45) is 4.05. The summed E-state index contributed by atoms with van der Waals surface area (Å²) in [7, 11) is 4.18. The van der Waals surface area contributed by atoms with Crippen LogP contribution in [0.5, 0.6) is 5.75 Å². The first-order chi connectivity index (χ1) is 12.5. The number of nitrogens with one attached hydrogen (secondary N) is 1. The predicted molar refractivity (Wildman–Crippen MR) is 107 cm³/mol. The van der Waals surface area contributed by atoms with Gasteiger partial charge in [0.25, 0.3) is 5.91 Å². The number of amides is 1. The molecule has 3 rings (SSSR count). The Labute approximate surface area is 156 Å². The van der Waals surface area contributed by atoms with Crippen LogP contribution in [0.25, 0.3) is 10.8 Å². The Morgan fingerprint density at radius 2 is 1.88 bits per heavy atom. The van der Waals surface area contributed by atoms with E-state index in [9.17, 15) is 4.79 Å². The normalized spacial score (nSPS) is 21.6. The number of rotatable bonds is 5. The zero-order valence-electron chi connectivity index (χ0n) is 16.3. The molecule has 4 nitrogen and oxygen atoms in total. The van der Waals surface area contributed by atoms with E-state index < -0.39 is 6.10 Å². The molecule has 1 N–H and O–H groups in total. The third-order valence-electron chi connectivity index (χ3n) is 5.46. The number of carbonyl (C=O) groups excluding carboxylic acids is 1. The molecule has 0 radical (unpaired) electrons. The van der Waals surface area contributed by atoms with Crippen molar-refractivity contribution in [1.29, 1.82) is 0 Å². The Hall–Kier alpha value is -2.07. The molecule has 26 heavy (non-hydrogen) atoms. The molecule has 1 fully saturated rings. The molecule has 0 heterocycles. The fourth-order valence-electron chi connectivity index (χ4n) is 3.94. The van der Waals surface area contributed by atoms with Crippen LogP contribution in [0.2, 0.25) is 0 Å². The summed E-state index contributed by atoms with van der Waals surface area (Å²) >= 11 is 0. The minimum Gasteiger partial charge on any atom is -0.480 e. The average Bonchev–Trinajstić information content (AvgIpc) is 2.64. The summed E-state index contributed by atoms with van der Waals surface area (Å²) in [6, 6.07) is 12.9. The topological polar surface area (TPSA) is 41.6 Å². The molecular weight excluding hydrogens is 324 g/mol. The SMILES string of the molecule is Cc1ccc2ccccc2c1OC(C)C(=O)NC1CCCCC1N(C)C. The molecule has 0 saturated heterocycles. The third-order valence-corrected chi connectivity index (χ3v) is 5.46. The van der Waals surface area contributed by atoms with E-state index in [-0.39, 0.29) is 11.9 Å². The van der Waals surface area contributed by atoms with E-state index in [2.05, 4.69) is 36.4 Å². The van der Waals surface area contributed by atoms with E-state index in [1.54, 1.807) is 0 Å². The van der Waals surface area contributed by atoms with Gasteiger partial charge in [0.05, 0.1) is 0 Å². The van der Waals surface area contributed by atoms with Crippen LogP contribution in [0, 0.1) is 6.92 Å². The summed E-state index contributed by atoms with van der Waals surface area (Å²) in [5.74, 6) is 0.773. The van der Waals surface area contributed by atoms with Crippen LogP contribution >= 0.6 is 0 Å². The summed E-state index contributed by atoms with van der Waals surface area (Å²) < 4.78 is 6.13. The number of carbonyl (C=O) groups is 1. The Balaban J connectivity index is 1.73. The van der Waals surface area contributed by atoms with E-state index in [0.29, 0.717) is 6.04 Å². The van der Waals surface area contributed by atoms with Crippen LogP contribution < -0.4 is 10.1 Å². The number of likely N-dealkylation sites (N-methyl/N-ethyl adjacent to an activating group) is 1. The number of hydrogen-bond donors (Lipinski definition) is 1. The monoisotopic (exact) mass is 354 g/mol. The van der Waals surface area contributed by atoms with Gasteiger partial charge in [-0.3, -0.25) is 4.79 Å². The maximum Gasteiger partial charge on any atom is 0.261 e. The van der Waals surface area contributed by atoms with Gasteiger partial charge in [0.1, 0.15) is 5.75 Å². The van der Waals surface area contributed by atoms with Gasteiger partial charge in [0.2, 0.25) is 0 Å². The number of ether oxygens (including phenoxy) is 1. The molecule has 3 unspecified atom stereocenters. The van der Waals surface area contributed by atoms with Crippen molar-refractivity contribution in [3.8, 4) is 5.75 Å². The molecule has 3 atom stereocenters. The second-order valence-corrected chi connectivity index (χ2v) is 7.62. The lowest BCUT2D eigenvalue weighted by molar-refractivity contribution is -0.128. The number of fused-ring (bicyclic) bond motifs is 1. The van der Waals surface area contributed by atoms with E-state index in [1.807, 2.05) is 38.1 Å². The second kappa shape index (κ2) is 8.09. The molecule has 0 bridgehead atoms. The molecular formula is C22H30N2O2. The zero-order valence-corrected chi connectivity index (χ0v) is 16.3. The second-order valence-electron chi connectivity index (χ2n) is 7.62. The van der Waals surface area contributed by atoms with Crippen LogP contribution in [-0.2, 0) is 4.79 Å². The molecule has 1 saturated carbocycles. The molecule has 4 heteroatoms. The highest BCUT2D eigenvalue weighted by molar-refractivity contribution is 5.90. The lowest BCUT2D eigenvalue weighted by atomic mass is 9.89. The number of hydrogen-bond acceptors (Lipinski definition) is 3. The van der Waals surface area contributed by atoms with Crippen molar-refractivity contribution in [2.24, 2.45) is 0 Å². The van der Waals surface area contributed by atoms with Crippen molar-refractivity contribution in [3.63, 3.8) is 0 Å². The van der Waals surface area contributed by atoms with Crippen molar-refractivity contribution >= 4 is 16.7 Å². The van der Waals surface area contributed by atoms with Crippen LogP contribution in [0.3, 0.4) is 0 Å². The van der Waals surface area contributed by atoms with Gasteiger partial charge in [-0.2, -0.15) is 0 Å². The van der Waals surface area contributed by atoms with Crippen molar-refractivity contribution in [2.75, 3.05) is 14.1 Å². The smallest absolute Gasteiger partial charge is 0.261 e. The summed E-state index contributed by atoms with van der Waals surface area (Å²) in [6.45, 7) is 3.86. The van der Waals surface area contributed by atoms with Crippen LogP contribution in [0.15, 0.2) is 36.4 Å².